The SMILES string of the molecule is C/C=C/Oc1ccc(OCC2CCC(C3CCC(C4CCC(CCC)CC4)CC3)CC2)c(F)c1F. The number of benzene rings is 1. The molecule has 3 saturated carbocycles. The Balaban J connectivity index is 1.16. The van der Waals surface area contributed by atoms with Gasteiger partial charge in [-0.05, 0) is 119 Å². The molecule has 0 unspecified atom stereocenters. The van der Waals surface area contributed by atoms with Gasteiger partial charge in [-0.2, -0.15) is 8.78 Å². The van der Waals surface area contributed by atoms with Crippen molar-refractivity contribution in [3.63, 3.8) is 0 Å². The molecule has 1 aromatic rings. The topological polar surface area (TPSA) is 18.5 Å². The lowest BCUT2D eigenvalue weighted by Gasteiger charge is -2.41. The molecular weight excluding hydrogens is 442 g/mol. The molecule has 0 heterocycles. The molecule has 0 saturated heterocycles. The maximum atomic E-state index is 14.4. The third kappa shape index (κ3) is 7.01. The van der Waals surface area contributed by atoms with Crippen LogP contribution in [0, 0.1) is 47.1 Å². The summed E-state index contributed by atoms with van der Waals surface area (Å²) >= 11 is 0. The van der Waals surface area contributed by atoms with Crippen LogP contribution in [-0.2, 0) is 0 Å². The quantitative estimate of drug-likeness (QED) is 0.322. The normalized spacial score (nSPS) is 32.0. The van der Waals surface area contributed by atoms with E-state index in [1.165, 1.54) is 95.4 Å². The van der Waals surface area contributed by atoms with Crippen molar-refractivity contribution >= 4 is 0 Å². The molecule has 0 bridgehead atoms. The van der Waals surface area contributed by atoms with E-state index in [0.717, 1.165) is 42.4 Å². The molecule has 4 rings (SSSR count). The molecule has 3 aliphatic carbocycles. The summed E-state index contributed by atoms with van der Waals surface area (Å²) in [7, 11) is 0. The summed E-state index contributed by atoms with van der Waals surface area (Å²) in [6.07, 6.45) is 22.3. The van der Waals surface area contributed by atoms with Crippen molar-refractivity contribution in [3.8, 4) is 11.5 Å². The van der Waals surface area contributed by atoms with E-state index in [-0.39, 0.29) is 11.5 Å². The third-order valence-corrected chi connectivity index (χ3v) is 9.45. The zero-order chi connectivity index (χ0) is 24.6. The van der Waals surface area contributed by atoms with E-state index in [1.54, 1.807) is 13.0 Å². The summed E-state index contributed by atoms with van der Waals surface area (Å²) in [5, 5.41) is 0. The van der Waals surface area contributed by atoms with Gasteiger partial charge in [-0.15, -0.1) is 0 Å². The Morgan fingerprint density at radius 1 is 0.714 bits per heavy atom. The minimum absolute atomic E-state index is 0.0144. The first-order valence-corrected chi connectivity index (χ1v) is 14.5. The second-order valence-electron chi connectivity index (χ2n) is 11.6. The van der Waals surface area contributed by atoms with Gasteiger partial charge in [0.1, 0.15) is 0 Å². The average molecular weight is 489 g/mol. The van der Waals surface area contributed by atoms with Crippen LogP contribution in [0.3, 0.4) is 0 Å². The highest BCUT2D eigenvalue weighted by atomic mass is 19.2. The Morgan fingerprint density at radius 2 is 1.17 bits per heavy atom. The van der Waals surface area contributed by atoms with Crippen LogP contribution in [0.15, 0.2) is 24.5 Å². The van der Waals surface area contributed by atoms with Crippen LogP contribution in [-0.4, -0.2) is 6.61 Å². The first-order valence-electron chi connectivity index (χ1n) is 14.5. The van der Waals surface area contributed by atoms with Crippen LogP contribution in [0.5, 0.6) is 11.5 Å². The van der Waals surface area contributed by atoms with Crippen LogP contribution >= 0.6 is 0 Å². The van der Waals surface area contributed by atoms with Gasteiger partial charge >= 0.3 is 0 Å². The molecule has 3 fully saturated rings. The maximum Gasteiger partial charge on any atom is 0.205 e. The Labute approximate surface area is 211 Å². The minimum Gasteiger partial charge on any atom is -0.490 e. The molecule has 0 atom stereocenters. The molecule has 2 nitrogen and oxygen atoms in total. The van der Waals surface area contributed by atoms with E-state index in [0.29, 0.717) is 12.5 Å². The predicted molar refractivity (Wildman–Crippen MR) is 139 cm³/mol. The first-order chi connectivity index (χ1) is 17.1. The largest absolute Gasteiger partial charge is 0.490 e. The highest BCUT2D eigenvalue weighted by Crippen LogP contribution is 2.46. The number of halogens is 2. The first kappa shape index (κ1) is 26.5. The monoisotopic (exact) mass is 488 g/mol. The van der Waals surface area contributed by atoms with Gasteiger partial charge in [0.15, 0.2) is 11.5 Å². The van der Waals surface area contributed by atoms with Gasteiger partial charge in [-0.3, -0.25) is 0 Å². The van der Waals surface area contributed by atoms with Crippen molar-refractivity contribution in [1.29, 1.82) is 0 Å². The summed E-state index contributed by atoms with van der Waals surface area (Å²) in [6, 6.07) is 2.90. The Morgan fingerprint density at radius 3 is 1.69 bits per heavy atom. The van der Waals surface area contributed by atoms with Crippen molar-refractivity contribution in [2.24, 2.45) is 35.5 Å². The van der Waals surface area contributed by atoms with Crippen molar-refractivity contribution < 1.29 is 18.3 Å². The van der Waals surface area contributed by atoms with E-state index < -0.39 is 11.6 Å². The number of rotatable bonds is 9. The Bertz CT molecular complexity index is 798. The summed E-state index contributed by atoms with van der Waals surface area (Å²) in [6.45, 7) is 4.55. The van der Waals surface area contributed by atoms with Gasteiger partial charge in [0.2, 0.25) is 11.6 Å². The molecule has 0 N–H and O–H groups in total. The van der Waals surface area contributed by atoms with Crippen LogP contribution in [0.4, 0.5) is 8.78 Å². The molecule has 0 aromatic heterocycles. The fourth-order valence-electron chi connectivity index (χ4n) is 7.34. The summed E-state index contributed by atoms with van der Waals surface area (Å²) in [5.74, 6) is 3.11. The molecular formula is C31H46F2O2. The molecule has 0 amide bonds. The van der Waals surface area contributed by atoms with E-state index in [2.05, 4.69) is 6.92 Å². The minimum atomic E-state index is -0.992. The molecule has 1 aromatic carbocycles. The Kier molecular flexibility index (Phi) is 9.92. The van der Waals surface area contributed by atoms with Gasteiger partial charge in [0.25, 0.3) is 0 Å². The van der Waals surface area contributed by atoms with E-state index in [9.17, 15) is 8.78 Å². The van der Waals surface area contributed by atoms with Crippen molar-refractivity contribution in [1.82, 2.24) is 0 Å². The fraction of sp³-hybridized carbons (Fsp3) is 0.742. The zero-order valence-electron chi connectivity index (χ0n) is 22.0. The molecule has 0 radical (unpaired) electrons. The van der Waals surface area contributed by atoms with Crippen LogP contribution in [0.25, 0.3) is 0 Å². The molecule has 4 heteroatoms. The van der Waals surface area contributed by atoms with Crippen molar-refractivity contribution in [3.05, 3.63) is 36.1 Å². The lowest BCUT2D eigenvalue weighted by molar-refractivity contribution is 0.0945. The van der Waals surface area contributed by atoms with Crippen molar-refractivity contribution in [2.45, 2.75) is 104 Å². The molecule has 35 heavy (non-hydrogen) atoms. The van der Waals surface area contributed by atoms with Gasteiger partial charge < -0.3 is 9.47 Å². The molecule has 196 valence electrons. The standard InChI is InChI=1S/C31H46F2O2/c1-3-5-22-6-10-24(11-7-22)26-14-16-27(17-15-26)25-12-8-23(9-13-25)21-35-29-19-18-28(34-20-4-2)30(32)31(29)33/h4,18-20,22-27H,3,5-17,21H2,1-2H3/b20-4+. The van der Waals surface area contributed by atoms with Gasteiger partial charge in [0.05, 0.1) is 12.9 Å². The predicted octanol–water partition coefficient (Wildman–Crippen LogP) is 9.48. The maximum absolute atomic E-state index is 14.4. The van der Waals surface area contributed by atoms with Gasteiger partial charge in [0, 0.05) is 0 Å². The zero-order valence-corrected chi connectivity index (χ0v) is 22.0. The molecule has 0 aliphatic heterocycles. The van der Waals surface area contributed by atoms with Crippen molar-refractivity contribution in [2.75, 3.05) is 6.61 Å². The van der Waals surface area contributed by atoms with Crippen LogP contribution in [0.2, 0.25) is 0 Å². The highest BCUT2D eigenvalue weighted by Gasteiger charge is 2.34. The lowest BCUT2D eigenvalue weighted by atomic mass is 9.65. The summed E-state index contributed by atoms with van der Waals surface area (Å²) in [5.41, 5.74) is 0. The summed E-state index contributed by atoms with van der Waals surface area (Å²) < 4.78 is 39.4. The van der Waals surface area contributed by atoms with Crippen LogP contribution < -0.4 is 9.47 Å². The number of hydrogen-bond acceptors (Lipinski definition) is 2. The Hall–Kier alpha value is -1.58. The molecule has 0 spiro atoms. The van der Waals surface area contributed by atoms with Gasteiger partial charge in [-0.25, -0.2) is 0 Å². The highest BCUT2D eigenvalue weighted by molar-refractivity contribution is 5.35. The number of ether oxygens (including phenoxy) is 2. The number of hydrogen-bond donors (Lipinski definition) is 0. The van der Waals surface area contributed by atoms with E-state index in [1.807, 2.05) is 0 Å². The lowest BCUT2D eigenvalue weighted by Crippen LogP contribution is -2.30. The van der Waals surface area contributed by atoms with E-state index in [4.69, 9.17) is 9.47 Å². The average Bonchev–Trinajstić information content (AvgIpc) is 2.90. The summed E-state index contributed by atoms with van der Waals surface area (Å²) in [4.78, 5) is 0. The van der Waals surface area contributed by atoms with Crippen LogP contribution in [0.1, 0.15) is 104 Å². The third-order valence-electron chi connectivity index (χ3n) is 9.45. The van der Waals surface area contributed by atoms with E-state index >= 15 is 0 Å². The number of allylic oxidation sites excluding steroid dienone is 1. The second-order valence-corrected chi connectivity index (χ2v) is 11.6. The van der Waals surface area contributed by atoms with Gasteiger partial charge in [-0.1, -0.05) is 38.7 Å². The second kappa shape index (κ2) is 13.1. The molecule has 3 aliphatic rings. The fourth-order valence-corrected chi connectivity index (χ4v) is 7.34. The smallest absolute Gasteiger partial charge is 0.205 e.